The van der Waals surface area contributed by atoms with E-state index in [0.717, 1.165) is 57.1 Å². The molecule has 0 saturated carbocycles. The molecule has 1 saturated heterocycles. The number of aliphatic imine (C=N–C) groups is 1. The molecule has 1 aliphatic rings. The Kier molecular flexibility index (Phi) is 8.74. The van der Waals surface area contributed by atoms with Gasteiger partial charge in [0.05, 0.1) is 12.4 Å². The number of ether oxygens (including phenoxy) is 1. The van der Waals surface area contributed by atoms with Crippen molar-refractivity contribution in [2.75, 3.05) is 19.7 Å². The van der Waals surface area contributed by atoms with Crippen LogP contribution in [-0.4, -0.2) is 37.8 Å². The van der Waals surface area contributed by atoms with Crippen molar-refractivity contribution in [3.63, 3.8) is 0 Å². The molecular weight excluding hydrogens is 302 g/mol. The second-order valence-corrected chi connectivity index (χ2v) is 6.57. The molecule has 5 nitrogen and oxygen atoms in total. The molecule has 2 heterocycles. The molecule has 0 aliphatic carbocycles. The van der Waals surface area contributed by atoms with E-state index in [4.69, 9.17) is 14.1 Å². The SMILES string of the molecule is CCC(C)NC(=NCCCC1CCCCO1)NCCc1ccco1. The van der Waals surface area contributed by atoms with Gasteiger partial charge in [0.25, 0.3) is 0 Å². The number of hydrogen-bond donors (Lipinski definition) is 2. The van der Waals surface area contributed by atoms with Crippen molar-refractivity contribution in [1.29, 1.82) is 0 Å². The topological polar surface area (TPSA) is 58.8 Å². The Morgan fingerprint density at radius 2 is 2.33 bits per heavy atom. The summed E-state index contributed by atoms with van der Waals surface area (Å²) in [5, 5.41) is 6.87. The number of nitrogens with zero attached hydrogens (tertiary/aromatic N) is 1. The summed E-state index contributed by atoms with van der Waals surface area (Å²) >= 11 is 0. The van der Waals surface area contributed by atoms with Crippen LogP contribution in [0.4, 0.5) is 0 Å². The highest BCUT2D eigenvalue weighted by Gasteiger charge is 2.13. The molecule has 0 aromatic carbocycles. The van der Waals surface area contributed by atoms with Gasteiger partial charge in [0, 0.05) is 32.2 Å². The zero-order chi connectivity index (χ0) is 17.0. The maximum Gasteiger partial charge on any atom is 0.191 e. The Bertz CT molecular complexity index is 453. The lowest BCUT2D eigenvalue weighted by Gasteiger charge is -2.22. The summed E-state index contributed by atoms with van der Waals surface area (Å²) in [7, 11) is 0. The molecule has 0 amide bonds. The summed E-state index contributed by atoms with van der Waals surface area (Å²) in [6, 6.07) is 4.35. The van der Waals surface area contributed by atoms with Crippen LogP contribution in [0.3, 0.4) is 0 Å². The third kappa shape index (κ3) is 7.39. The number of rotatable bonds is 9. The van der Waals surface area contributed by atoms with Crippen molar-refractivity contribution >= 4 is 5.96 Å². The van der Waals surface area contributed by atoms with Gasteiger partial charge in [-0.05, 0) is 57.6 Å². The molecule has 0 bridgehead atoms. The molecule has 136 valence electrons. The van der Waals surface area contributed by atoms with Crippen LogP contribution in [0.2, 0.25) is 0 Å². The first kappa shape index (κ1) is 18.8. The fraction of sp³-hybridized carbons (Fsp3) is 0.737. The summed E-state index contributed by atoms with van der Waals surface area (Å²) in [6.45, 7) is 6.95. The summed E-state index contributed by atoms with van der Waals surface area (Å²) in [5.41, 5.74) is 0. The zero-order valence-corrected chi connectivity index (χ0v) is 15.2. The number of guanidine groups is 1. The van der Waals surface area contributed by atoms with Crippen LogP contribution in [0.1, 0.15) is 58.1 Å². The lowest BCUT2D eigenvalue weighted by Crippen LogP contribution is -2.42. The normalized spacial score (nSPS) is 19.9. The second kappa shape index (κ2) is 11.1. The quantitative estimate of drug-likeness (QED) is 0.412. The van der Waals surface area contributed by atoms with E-state index in [-0.39, 0.29) is 0 Å². The first-order valence-corrected chi connectivity index (χ1v) is 9.46. The van der Waals surface area contributed by atoms with E-state index in [1.807, 2.05) is 12.1 Å². The first-order chi connectivity index (χ1) is 11.8. The van der Waals surface area contributed by atoms with E-state index < -0.39 is 0 Å². The van der Waals surface area contributed by atoms with Crippen molar-refractivity contribution in [2.45, 2.75) is 70.9 Å². The van der Waals surface area contributed by atoms with Crippen LogP contribution in [0.5, 0.6) is 0 Å². The Balaban J connectivity index is 1.71. The number of nitrogens with one attached hydrogen (secondary N) is 2. The van der Waals surface area contributed by atoms with Gasteiger partial charge in [-0.1, -0.05) is 6.92 Å². The molecule has 24 heavy (non-hydrogen) atoms. The minimum absolute atomic E-state index is 0.418. The molecule has 1 aromatic rings. The Labute approximate surface area is 146 Å². The number of hydrogen-bond acceptors (Lipinski definition) is 3. The van der Waals surface area contributed by atoms with Gasteiger partial charge in [-0.25, -0.2) is 0 Å². The van der Waals surface area contributed by atoms with Gasteiger partial charge in [-0.3, -0.25) is 4.99 Å². The van der Waals surface area contributed by atoms with Gasteiger partial charge < -0.3 is 19.8 Å². The monoisotopic (exact) mass is 335 g/mol. The van der Waals surface area contributed by atoms with Crippen LogP contribution in [0, 0.1) is 0 Å². The summed E-state index contributed by atoms with van der Waals surface area (Å²) in [5.74, 6) is 1.90. The van der Waals surface area contributed by atoms with Crippen molar-refractivity contribution in [3.8, 4) is 0 Å². The Morgan fingerprint density at radius 1 is 1.42 bits per heavy atom. The lowest BCUT2D eigenvalue weighted by atomic mass is 10.1. The van der Waals surface area contributed by atoms with E-state index in [1.54, 1.807) is 6.26 Å². The van der Waals surface area contributed by atoms with Gasteiger partial charge in [0.2, 0.25) is 0 Å². The largest absolute Gasteiger partial charge is 0.469 e. The molecule has 1 fully saturated rings. The van der Waals surface area contributed by atoms with E-state index in [0.29, 0.717) is 12.1 Å². The zero-order valence-electron chi connectivity index (χ0n) is 15.2. The molecular formula is C19H33N3O2. The first-order valence-electron chi connectivity index (χ1n) is 9.46. The molecule has 2 atom stereocenters. The maximum absolute atomic E-state index is 5.78. The standard InChI is InChI=1S/C19H33N3O2/c1-3-16(2)22-19(21-13-11-18-10-7-15-24-18)20-12-6-9-17-8-4-5-14-23-17/h7,10,15-17H,3-6,8-9,11-14H2,1-2H3,(H2,20,21,22). The summed E-state index contributed by atoms with van der Waals surface area (Å²) in [6.07, 6.45) is 10.0. The van der Waals surface area contributed by atoms with Crippen LogP contribution in [0.25, 0.3) is 0 Å². The number of furan rings is 1. The average molecular weight is 335 g/mol. The molecule has 0 radical (unpaired) electrons. The fourth-order valence-electron chi connectivity index (χ4n) is 2.79. The highest BCUT2D eigenvalue weighted by atomic mass is 16.5. The summed E-state index contributed by atoms with van der Waals surface area (Å²) in [4.78, 5) is 4.72. The van der Waals surface area contributed by atoms with Crippen LogP contribution >= 0.6 is 0 Å². The fourth-order valence-corrected chi connectivity index (χ4v) is 2.79. The average Bonchev–Trinajstić information content (AvgIpc) is 3.12. The molecule has 2 unspecified atom stereocenters. The molecule has 0 spiro atoms. The third-order valence-electron chi connectivity index (χ3n) is 4.47. The van der Waals surface area contributed by atoms with Gasteiger partial charge in [0.1, 0.15) is 5.76 Å². The Hall–Kier alpha value is -1.49. The van der Waals surface area contributed by atoms with Gasteiger partial charge in [-0.15, -0.1) is 0 Å². The molecule has 5 heteroatoms. The van der Waals surface area contributed by atoms with Crippen molar-refractivity contribution in [3.05, 3.63) is 24.2 Å². The Morgan fingerprint density at radius 3 is 3.04 bits per heavy atom. The van der Waals surface area contributed by atoms with Crippen LogP contribution < -0.4 is 10.6 Å². The molecule has 1 aromatic heterocycles. The van der Waals surface area contributed by atoms with E-state index in [2.05, 4.69) is 24.5 Å². The third-order valence-corrected chi connectivity index (χ3v) is 4.47. The predicted octanol–water partition coefficient (Wildman–Crippen LogP) is 3.51. The van der Waals surface area contributed by atoms with Crippen LogP contribution in [0.15, 0.2) is 27.8 Å². The van der Waals surface area contributed by atoms with E-state index in [9.17, 15) is 0 Å². The van der Waals surface area contributed by atoms with Crippen molar-refractivity contribution in [1.82, 2.24) is 10.6 Å². The maximum atomic E-state index is 5.78. The van der Waals surface area contributed by atoms with Gasteiger partial charge in [0.15, 0.2) is 5.96 Å². The van der Waals surface area contributed by atoms with Gasteiger partial charge in [-0.2, -0.15) is 0 Å². The van der Waals surface area contributed by atoms with Crippen molar-refractivity contribution < 1.29 is 9.15 Å². The van der Waals surface area contributed by atoms with Crippen LogP contribution in [-0.2, 0) is 11.2 Å². The van der Waals surface area contributed by atoms with E-state index >= 15 is 0 Å². The minimum Gasteiger partial charge on any atom is -0.469 e. The van der Waals surface area contributed by atoms with E-state index in [1.165, 1.54) is 19.3 Å². The molecule has 2 N–H and O–H groups in total. The lowest BCUT2D eigenvalue weighted by molar-refractivity contribution is 0.0105. The minimum atomic E-state index is 0.418. The van der Waals surface area contributed by atoms with Gasteiger partial charge >= 0.3 is 0 Å². The highest BCUT2D eigenvalue weighted by molar-refractivity contribution is 5.80. The second-order valence-electron chi connectivity index (χ2n) is 6.57. The van der Waals surface area contributed by atoms with Crippen molar-refractivity contribution in [2.24, 2.45) is 4.99 Å². The predicted molar refractivity (Wildman–Crippen MR) is 98.4 cm³/mol. The molecule has 2 rings (SSSR count). The smallest absolute Gasteiger partial charge is 0.191 e. The summed E-state index contributed by atoms with van der Waals surface area (Å²) < 4.78 is 11.2. The molecule has 1 aliphatic heterocycles. The highest BCUT2D eigenvalue weighted by Crippen LogP contribution is 2.16.